The first-order chi connectivity index (χ1) is 9.36. The number of carbonyl (C=O) groups is 2. The number of rotatable bonds is 7. The molecule has 0 bridgehead atoms. The van der Waals surface area contributed by atoms with Gasteiger partial charge in [-0.2, -0.15) is 8.78 Å². The Morgan fingerprint density at radius 2 is 1.90 bits per heavy atom. The van der Waals surface area contributed by atoms with Gasteiger partial charge >= 0.3 is 12.6 Å². The summed E-state index contributed by atoms with van der Waals surface area (Å²) in [7, 11) is 0. The molecule has 0 saturated heterocycles. The van der Waals surface area contributed by atoms with Crippen LogP contribution in [0.3, 0.4) is 0 Å². The molecule has 0 radical (unpaired) electrons. The lowest BCUT2D eigenvalue weighted by atomic mass is 10.1. The van der Waals surface area contributed by atoms with Crippen molar-refractivity contribution in [1.82, 2.24) is 5.32 Å². The number of carbonyl (C=O) groups excluding carboxylic acids is 1. The highest BCUT2D eigenvalue weighted by Crippen LogP contribution is 2.15. The molecule has 1 aromatic carbocycles. The van der Waals surface area contributed by atoms with E-state index in [-0.39, 0.29) is 24.5 Å². The lowest BCUT2D eigenvalue weighted by Crippen LogP contribution is -2.35. The van der Waals surface area contributed by atoms with Crippen molar-refractivity contribution >= 4 is 11.9 Å². The van der Waals surface area contributed by atoms with Gasteiger partial charge in [0.2, 0.25) is 5.91 Å². The topological polar surface area (TPSA) is 75.6 Å². The van der Waals surface area contributed by atoms with Gasteiger partial charge in [-0.15, -0.1) is 0 Å². The third-order valence-corrected chi connectivity index (χ3v) is 2.40. The average Bonchev–Trinajstić information content (AvgIpc) is 2.29. The molecular weight excluding hydrogens is 272 g/mol. The van der Waals surface area contributed by atoms with Gasteiger partial charge < -0.3 is 15.2 Å². The van der Waals surface area contributed by atoms with Gasteiger partial charge in [0.1, 0.15) is 5.75 Å². The third-order valence-electron chi connectivity index (χ3n) is 2.40. The summed E-state index contributed by atoms with van der Waals surface area (Å²) in [6.07, 6.45) is -0.119. The minimum Gasteiger partial charge on any atom is -0.481 e. The maximum Gasteiger partial charge on any atom is 0.387 e. The van der Waals surface area contributed by atoms with Crippen LogP contribution in [-0.4, -0.2) is 29.6 Å². The number of alkyl halides is 2. The SMILES string of the molecule is CC(CC(=O)O)NC(=O)Cc1ccc(OC(F)F)cc1. The van der Waals surface area contributed by atoms with Crippen LogP contribution >= 0.6 is 0 Å². The van der Waals surface area contributed by atoms with Crippen molar-refractivity contribution in [1.29, 1.82) is 0 Å². The first-order valence-electron chi connectivity index (χ1n) is 5.91. The smallest absolute Gasteiger partial charge is 0.387 e. The molecule has 0 heterocycles. The zero-order chi connectivity index (χ0) is 15.1. The molecule has 2 N–H and O–H groups in total. The molecule has 1 aromatic rings. The highest BCUT2D eigenvalue weighted by Gasteiger charge is 2.11. The summed E-state index contributed by atoms with van der Waals surface area (Å²) in [5.74, 6) is -1.31. The van der Waals surface area contributed by atoms with Gasteiger partial charge in [-0.1, -0.05) is 12.1 Å². The van der Waals surface area contributed by atoms with Gasteiger partial charge in [-0.3, -0.25) is 9.59 Å². The zero-order valence-electron chi connectivity index (χ0n) is 10.8. The Bertz CT molecular complexity index is 462. The van der Waals surface area contributed by atoms with Gasteiger partial charge in [0, 0.05) is 6.04 Å². The summed E-state index contributed by atoms with van der Waals surface area (Å²) >= 11 is 0. The molecule has 0 fully saturated rings. The van der Waals surface area contributed by atoms with E-state index in [0.717, 1.165) is 0 Å². The van der Waals surface area contributed by atoms with Crippen molar-refractivity contribution < 1.29 is 28.2 Å². The van der Waals surface area contributed by atoms with Gasteiger partial charge in [-0.25, -0.2) is 0 Å². The highest BCUT2D eigenvalue weighted by molar-refractivity contribution is 5.79. The molecule has 0 saturated carbocycles. The molecule has 1 rings (SSSR count). The molecule has 0 aliphatic rings. The van der Waals surface area contributed by atoms with Crippen LogP contribution < -0.4 is 10.1 Å². The largest absolute Gasteiger partial charge is 0.481 e. The lowest BCUT2D eigenvalue weighted by molar-refractivity contribution is -0.137. The second-order valence-corrected chi connectivity index (χ2v) is 4.27. The van der Waals surface area contributed by atoms with Crippen molar-refractivity contribution in [2.24, 2.45) is 0 Å². The van der Waals surface area contributed by atoms with E-state index in [0.29, 0.717) is 5.56 Å². The molecule has 0 aliphatic carbocycles. The van der Waals surface area contributed by atoms with Crippen LogP contribution in [0.2, 0.25) is 0 Å². The predicted octanol–water partition coefficient (Wildman–Crippen LogP) is 1.81. The number of halogens is 2. The standard InChI is InChI=1S/C13H15F2NO4/c1-8(6-12(18)19)16-11(17)7-9-2-4-10(5-3-9)20-13(14)15/h2-5,8,13H,6-7H2,1H3,(H,16,17)(H,18,19). The van der Waals surface area contributed by atoms with Crippen molar-refractivity contribution in [2.75, 3.05) is 0 Å². The van der Waals surface area contributed by atoms with E-state index in [4.69, 9.17) is 5.11 Å². The Morgan fingerprint density at radius 1 is 1.30 bits per heavy atom. The molecule has 1 unspecified atom stereocenters. The molecular formula is C13H15F2NO4. The third kappa shape index (κ3) is 6.12. The highest BCUT2D eigenvalue weighted by atomic mass is 19.3. The van der Waals surface area contributed by atoms with Crippen LogP contribution in [0.25, 0.3) is 0 Å². The van der Waals surface area contributed by atoms with Crippen molar-refractivity contribution in [3.63, 3.8) is 0 Å². The molecule has 7 heteroatoms. The maximum atomic E-state index is 11.9. The molecule has 0 spiro atoms. The van der Waals surface area contributed by atoms with Crippen LogP contribution in [0.1, 0.15) is 18.9 Å². The van der Waals surface area contributed by atoms with Crippen LogP contribution in [0.4, 0.5) is 8.78 Å². The fourth-order valence-electron chi connectivity index (χ4n) is 1.61. The monoisotopic (exact) mass is 287 g/mol. The molecule has 0 aromatic heterocycles. The number of benzene rings is 1. The van der Waals surface area contributed by atoms with Crippen LogP contribution in [0.15, 0.2) is 24.3 Å². The van der Waals surface area contributed by atoms with Gasteiger partial charge in [0.05, 0.1) is 12.8 Å². The number of nitrogens with one attached hydrogen (secondary N) is 1. The summed E-state index contributed by atoms with van der Waals surface area (Å²) in [6, 6.07) is 5.21. The Morgan fingerprint density at radius 3 is 2.40 bits per heavy atom. The molecule has 5 nitrogen and oxygen atoms in total. The number of aliphatic carboxylic acids is 1. The summed E-state index contributed by atoms with van der Waals surface area (Å²) < 4.78 is 28.1. The van der Waals surface area contributed by atoms with E-state index in [1.807, 2.05) is 0 Å². The Balaban J connectivity index is 2.47. The molecule has 20 heavy (non-hydrogen) atoms. The lowest BCUT2D eigenvalue weighted by Gasteiger charge is -2.11. The Hall–Kier alpha value is -2.18. The van der Waals surface area contributed by atoms with E-state index in [2.05, 4.69) is 10.1 Å². The minimum absolute atomic E-state index is 0.0170. The fourth-order valence-corrected chi connectivity index (χ4v) is 1.61. The van der Waals surface area contributed by atoms with Crippen molar-refractivity contribution in [3.05, 3.63) is 29.8 Å². The van der Waals surface area contributed by atoms with E-state index in [1.165, 1.54) is 24.3 Å². The van der Waals surface area contributed by atoms with E-state index in [1.54, 1.807) is 6.92 Å². The van der Waals surface area contributed by atoms with Gasteiger partial charge in [0.25, 0.3) is 0 Å². The zero-order valence-corrected chi connectivity index (χ0v) is 10.8. The number of hydrogen-bond donors (Lipinski definition) is 2. The van der Waals surface area contributed by atoms with Gasteiger partial charge in [-0.05, 0) is 24.6 Å². The summed E-state index contributed by atoms with van der Waals surface area (Å²) in [5, 5.41) is 11.1. The van der Waals surface area contributed by atoms with Crippen LogP contribution in [-0.2, 0) is 16.0 Å². The Labute approximate surface area is 114 Å². The van der Waals surface area contributed by atoms with Crippen molar-refractivity contribution in [2.45, 2.75) is 32.4 Å². The molecule has 1 amide bonds. The average molecular weight is 287 g/mol. The van der Waals surface area contributed by atoms with E-state index in [9.17, 15) is 18.4 Å². The van der Waals surface area contributed by atoms with E-state index >= 15 is 0 Å². The molecule has 0 aliphatic heterocycles. The predicted molar refractivity (Wildman–Crippen MR) is 66.6 cm³/mol. The Kier molecular flexibility index (Phi) is 5.89. The number of carboxylic acids is 1. The normalized spacial score (nSPS) is 12.0. The summed E-state index contributed by atoms with van der Waals surface area (Å²) in [5.41, 5.74) is 0.617. The number of ether oxygens (including phenoxy) is 1. The second-order valence-electron chi connectivity index (χ2n) is 4.27. The molecule has 110 valence electrons. The first kappa shape index (κ1) is 15.9. The first-order valence-corrected chi connectivity index (χ1v) is 5.91. The number of carboxylic acid groups (broad SMARTS) is 1. The molecule has 1 atom stereocenters. The summed E-state index contributed by atoms with van der Waals surface area (Å²) in [6.45, 7) is -1.30. The van der Waals surface area contributed by atoms with Crippen LogP contribution in [0, 0.1) is 0 Å². The van der Waals surface area contributed by atoms with Crippen LogP contribution in [0.5, 0.6) is 5.75 Å². The minimum atomic E-state index is -2.89. The number of amides is 1. The quantitative estimate of drug-likeness (QED) is 0.802. The summed E-state index contributed by atoms with van der Waals surface area (Å²) in [4.78, 5) is 22.1. The fraction of sp³-hybridized carbons (Fsp3) is 0.385. The van der Waals surface area contributed by atoms with Crippen molar-refractivity contribution in [3.8, 4) is 5.75 Å². The van der Waals surface area contributed by atoms with E-state index < -0.39 is 18.6 Å². The number of hydrogen-bond acceptors (Lipinski definition) is 3. The van der Waals surface area contributed by atoms with Gasteiger partial charge in [0.15, 0.2) is 0 Å². The maximum absolute atomic E-state index is 11.9. The second kappa shape index (κ2) is 7.42.